The van der Waals surface area contributed by atoms with Crippen molar-refractivity contribution in [2.45, 2.75) is 31.7 Å². The quantitative estimate of drug-likeness (QED) is 0.565. The minimum absolute atomic E-state index is 0.151. The van der Waals surface area contributed by atoms with E-state index in [2.05, 4.69) is 46.5 Å². The lowest BCUT2D eigenvalue weighted by Gasteiger charge is -2.38. The van der Waals surface area contributed by atoms with Gasteiger partial charge in [0.2, 0.25) is 0 Å². The molecule has 7 heteroatoms. The van der Waals surface area contributed by atoms with Crippen molar-refractivity contribution >= 4 is 11.9 Å². The topological polar surface area (TPSA) is 103 Å². The molecule has 1 saturated carbocycles. The van der Waals surface area contributed by atoms with Gasteiger partial charge in [0, 0.05) is 22.9 Å². The van der Waals surface area contributed by atoms with E-state index in [4.69, 9.17) is 20.3 Å². The number of rotatable bonds is 3. The zero-order valence-electron chi connectivity index (χ0n) is 16.6. The Kier molecular flexibility index (Phi) is 5.23. The maximum Gasteiger partial charge on any atom is 0.373 e. The van der Waals surface area contributed by atoms with E-state index in [1.54, 1.807) is 4.52 Å². The molecule has 2 aromatic heterocycles. The average molecular weight is 399 g/mol. The van der Waals surface area contributed by atoms with Crippen molar-refractivity contribution in [3.05, 3.63) is 72.2 Å². The molecular weight excluding hydrogens is 378 g/mol. The summed E-state index contributed by atoms with van der Waals surface area (Å²) >= 11 is 0. The first-order valence-corrected chi connectivity index (χ1v) is 9.72. The Labute approximate surface area is 173 Å². The molecule has 0 aliphatic heterocycles. The van der Waals surface area contributed by atoms with Crippen LogP contribution in [-0.4, -0.2) is 25.7 Å². The molecule has 7 nitrogen and oxygen atoms in total. The number of aromatic nitrogens is 4. The number of nitrogens with zero attached hydrogens (tertiary/aromatic N) is 4. The largest absolute Gasteiger partial charge is 0.373 e. The van der Waals surface area contributed by atoms with Gasteiger partial charge in [0.1, 0.15) is 5.82 Å². The molecule has 0 amide bonds. The van der Waals surface area contributed by atoms with Gasteiger partial charge < -0.3 is 5.73 Å². The van der Waals surface area contributed by atoms with Crippen LogP contribution in [0.1, 0.15) is 30.7 Å². The molecule has 0 atom stereocenters. The monoisotopic (exact) mass is 399 g/mol. The summed E-state index contributed by atoms with van der Waals surface area (Å²) in [5.41, 5.74) is 11.6. The van der Waals surface area contributed by atoms with Gasteiger partial charge in [-0.2, -0.15) is 19.7 Å². The number of hydrogen-bond donors (Lipinski definition) is 1. The summed E-state index contributed by atoms with van der Waals surface area (Å²) in [7, 11) is 0. The Balaban J connectivity index is 0.000000687. The summed E-state index contributed by atoms with van der Waals surface area (Å²) in [6.07, 6.45) is 5.59. The molecule has 5 rings (SSSR count). The van der Waals surface area contributed by atoms with Crippen LogP contribution in [0.15, 0.2) is 60.8 Å². The van der Waals surface area contributed by atoms with Crippen LogP contribution >= 0.6 is 0 Å². The van der Waals surface area contributed by atoms with Crippen LogP contribution in [0.3, 0.4) is 0 Å². The molecule has 1 aliphatic rings. The second kappa shape index (κ2) is 7.99. The fourth-order valence-electron chi connectivity index (χ4n) is 3.78. The third kappa shape index (κ3) is 3.64. The number of benzene rings is 2. The fraction of sp³-hybridized carbons (Fsp3) is 0.217. The van der Waals surface area contributed by atoms with Crippen LogP contribution in [0, 0.1) is 6.92 Å². The van der Waals surface area contributed by atoms with Crippen molar-refractivity contribution in [3.8, 4) is 22.4 Å². The Morgan fingerprint density at radius 1 is 0.967 bits per heavy atom. The van der Waals surface area contributed by atoms with Crippen molar-refractivity contribution in [2.24, 2.45) is 5.73 Å². The molecule has 30 heavy (non-hydrogen) atoms. The molecule has 2 aromatic carbocycles. The molecular formula is C23H21N5O2. The molecule has 0 saturated heterocycles. The smallest absolute Gasteiger partial charge is 0.321 e. The lowest BCUT2D eigenvalue weighted by molar-refractivity contribution is -0.191. The normalized spacial score (nSPS) is 14.3. The maximum atomic E-state index is 8.12. The van der Waals surface area contributed by atoms with E-state index >= 15 is 0 Å². The van der Waals surface area contributed by atoms with Crippen molar-refractivity contribution in [3.63, 3.8) is 0 Å². The van der Waals surface area contributed by atoms with Gasteiger partial charge in [0.15, 0.2) is 0 Å². The van der Waals surface area contributed by atoms with Gasteiger partial charge in [-0.1, -0.05) is 54.6 Å². The summed E-state index contributed by atoms with van der Waals surface area (Å²) < 4.78 is 1.75. The van der Waals surface area contributed by atoms with E-state index in [1.807, 2.05) is 31.3 Å². The molecule has 0 unspecified atom stereocenters. The fourth-order valence-corrected chi connectivity index (χ4v) is 3.78. The van der Waals surface area contributed by atoms with Crippen molar-refractivity contribution < 1.29 is 9.59 Å². The SMILES string of the molecule is Cc1nc2nc(-c3ccc(C4(N)CCC4)cc3)c(-c3ccccc3)cn2n1.O=C=O. The average Bonchev–Trinajstić information content (AvgIpc) is 3.11. The Morgan fingerprint density at radius 3 is 2.23 bits per heavy atom. The van der Waals surface area contributed by atoms with E-state index in [1.165, 1.54) is 12.0 Å². The van der Waals surface area contributed by atoms with Gasteiger partial charge in [0.25, 0.3) is 5.78 Å². The molecule has 4 aromatic rings. The Morgan fingerprint density at radius 2 is 1.63 bits per heavy atom. The zero-order valence-corrected chi connectivity index (χ0v) is 16.6. The predicted octanol–water partition coefficient (Wildman–Crippen LogP) is 3.52. The summed E-state index contributed by atoms with van der Waals surface area (Å²) in [5, 5.41) is 4.43. The number of carbonyl (C=O) groups excluding carboxylic acids is 2. The van der Waals surface area contributed by atoms with Gasteiger partial charge in [-0.05, 0) is 37.3 Å². The third-order valence-corrected chi connectivity index (χ3v) is 5.50. The molecule has 1 aliphatic carbocycles. The maximum absolute atomic E-state index is 8.12. The number of aryl methyl sites for hydroxylation is 1. The molecule has 1 fully saturated rings. The first-order valence-electron chi connectivity index (χ1n) is 9.72. The number of hydrogen-bond acceptors (Lipinski definition) is 6. The van der Waals surface area contributed by atoms with Gasteiger partial charge in [-0.25, -0.2) is 9.50 Å². The third-order valence-electron chi connectivity index (χ3n) is 5.50. The molecule has 2 N–H and O–H groups in total. The van der Waals surface area contributed by atoms with Gasteiger partial charge in [-0.15, -0.1) is 0 Å². The van der Waals surface area contributed by atoms with Crippen LogP contribution in [0.5, 0.6) is 0 Å². The molecule has 0 bridgehead atoms. The molecule has 0 spiro atoms. The van der Waals surface area contributed by atoms with Gasteiger partial charge in [-0.3, -0.25) is 0 Å². The zero-order chi connectivity index (χ0) is 21.1. The van der Waals surface area contributed by atoms with Gasteiger partial charge >= 0.3 is 6.15 Å². The molecule has 150 valence electrons. The molecule has 2 heterocycles. The van der Waals surface area contributed by atoms with Crippen LogP contribution in [0.4, 0.5) is 0 Å². The second-order valence-electron chi connectivity index (χ2n) is 7.44. The lowest BCUT2D eigenvalue weighted by atomic mass is 9.72. The van der Waals surface area contributed by atoms with E-state index in [0.29, 0.717) is 11.6 Å². The summed E-state index contributed by atoms with van der Waals surface area (Å²) in [6.45, 7) is 1.88. The highest BCUT2D eigenvalue weighted by Gasteiger charge is 2.34. The van der Waals surface area contributed by atoms with Crippen molar-refractivity contribution in [1.29, 1.82) is 0 Å². The second-order valence-corrected chi connectivity index (χ2v) is 7.44. The minimum Gasteiger partial charge on any atom is -0.321 e. The van der Waals surface area contributed by atoms with Crippen LogP contribution < -0.4 is 5.73 Å². The Bertz CT molecular complexity index is 1210. The van der Waals surface area contributed by atoms with E-state index in [0.717, 1.165) is 35.2 Å². The van der Waals surface area contributed by atoms with E-state index < -0.39 is 0 Å². The lowest BCUT2D eigenvalue weighted by Crippen LogP contribution is -2.43. The highest BCUT2D eigenvalue weighted by Crippen LogP contribution is 2.39. The highest BCUT2D eigenvalue weighted by atomic mass is 16.2. The van der Waals surface area contributed by atoms with E-state index in [-0.39, 0.29) is 11.7 Å². The van der Waals surface area contributed by atoms with Crippen molar-refractivity contribution in [1.82, 2.24) is 19.6 Å². The summed E-state index contributed by atoms with van der Waals surface area (Å²) in [5.74, 6) is 1.32. The minimum atomic E-state index is -0.151. The van der Waals surface area contributed by atoms with Crippen LogP contribution in [0.25, 0.3) is 28.2 Å². The molecule has 0 radical (unpaired) electrons. The first-order chi connectivity index (χ1) is 14.5. The number of fused-ring (bicyclic) bond motifs is 1. The first kappa shape index (κ1) is 19.6. The Hall–Kier alpha value is -3.67. The van der Waals surface area contributed by atoms with Crippen molar-refractivity contribution in [2.75, 3.05) is 0 Å². The van der Waals surface area contributed by atoms with E-state index in [9.17, 15) is 0 Å². The number of nitrogens with two attached hydrogens (primary N) is 1. The summed E-state index contributed by atoms with van der Waals surface area (Å²) in [4.78, 5) is 25.5. The van der Waals surface area contributed by atoms with Crippen LogP contribution in [-0.2, 0) is 15.1 Å². The summed E-state index contributed by atoms with van der Waals surface area (Å²) in [6, 6.07) is 18.8. The van der Waals surface area contributed by atoms with Crippen LogP contribution in [0.2, 0.25) is 0 Å². The highest BCUT2D eigenvalue weighted by molar-refractivity contribution is 5.81. The predicted molar refractivity (Wildman–Crippen MR) is 111 cm³/mol. The standard InChI is InChI=1S/C22H21N5.CO2/c1-15-24-21-25-20(17-8-10-18(11-9-17)22(23)12-5-13-22)19(14-27(21)26-15)16-6-3-2-4-7-16;2-1-3/h2-4,6-11,14H,5,12-13,23H2,1H3;. The van der Waals surface area contributed by atoms with Gasteiger partial charge in [0.05, 0.1) is 5.69 Å².